The molecule has 0 saturated heterocycles. The van der Waals surface area contributed by atoms with E-state index in [4.69, 9.17) is 9.72 Å². The van der Waals surface area contributed by atoms with Gasteiger partial charge in [-0.25, -0.2) is 4.98 Å². The molecule has 1 aromatic carbocycles. The summed E-state index contributed by atoms with van der Waals surface area (Å²) in [5.41, 5.74) is 4.85. The number of ether oxygens (including phenoxy) is 1. The molecule has 2 amide bonds. The lowest BCUT2D eigenvalue weighted by Gasteiger charge is -2.38. The van der Waals surface area contributed by atoms with E-state index < -0.39 is 0 Å². The van der Waals surface area contributed by atoms with Crippen LogP contribution in [0.1, 0.15) is 58.7 Å². The van der Waals surface area contributed by atoms with Crippen LogP contribution in [-0.2, 0) is 16.0 Å². The van der Waals surface area contributed by atoms with Crippen molar-refractivity contribution in [3.8, 4) is 5.75 Å². The standard InChI is InChI=1S/C28H35N3O3/c1-16(2)23-12-18(13-26-29-24-10-9-20(34-4)14-25(24)30-26)17(3)11-19(23)15-31-27(32)21-7-5-6-8-22(21)28(31)33/h9-11,14,16,18-19,23H,5-8,12-13,15H2,1-4H3,(H,29,30)/t18-,19-,23-/m0/s1. The predicted molar refractivity (Wildman–Crippen MR) is 132 cm³/mol. The summed E-state index contributed by atoms with van der Waals surface area (Å²) < 4.78 is 5.34. The second-order valence-corrected chi connectivity index (χ2v) is 10.6. The van der Waals surface area contributed by atoms with Crippen LogP contribution in [0.5, 0.6) is 5.75 Å². The third-order valence-electron chi connectivity index (χ3n) is 8.13. The number of allylic oxidation sites excluding steroid dienone is 1. The summed E-state index contributed by atoms with van der Waals surface area (Å²) in [6.45, 7) is 7.21. The molecule has 1 N–H and O–H groups in total. The average molecular weight is 462 g/mol. The van der Waals surface area contributed by atoms with Gasteiger partial charge in [0.2, 0.25) is 0 Å². The van der Waals surface area contributed by atoms with Crippen LogP contribution in [0.25, 0.3) is 11.0 Å². The molecule has 0 radical (unpaired) electrons. The second-order valence-electron chi connectivity index (χ2n) is 10.6. The number of aromatic nitrogens is 2. The van der Waals surface area contributed by atoms with Crippen molar-refractivity contribution in [1.29, 1.82) is 0 Å². The molecule has 5 rings (SSSR count). The van der Waals surface area contributed by atoms with Crippen molar-refractivity contribution < 1.29 is 14.3 Å². The van der Waals surface area contributed by atoms with Gasteiger partial charge in [-0.15, -0.1) is 0 Å². The molecule has 0 saturated carbocycles. The maximum Gasteiger partial charge on any atom is 0.257 e. The summed E-state index contributed by atoms with van der Waals surface area (Å²) in [7, 11) is 1.67. The first-order chi connectivity index (χ1) is 16.4. The molecule has 180 valence electrons. The van der Waals surface area contributed by atoms with E-state index >= 15 is 0 Å². The van der Waals surface area contributed by atoms with Gasteiger partial charge in [0.1, 0.15) is 11.6 Å². The molecule has 0 unspecified atom stereocenters. The molecule has 0 spiro atoms. The number of rotatable bonds is 6. The molecule has 6 heteroatoms. The third kappa shape index (κ3) is 4.08. The summed E-state index contributed by atoms with van der Waals surface area (Å²) in [5.74, 6) is 3.21. The van der Waals surface area contributed by atoms with Crippen LogP contribution < -0.4 is 4.74 Å². The number of nitrogens with zero attached hydrogens (tertiary/aromatic N) is 2. The molecule has 1 aromatic heterocycles. The number of hydrogen-bond donors (Lipinski definition) is 1. The molecule has 1 aliphatic heterocycles. The topological polar surface area (TPSA) is 75.3 Å². The van der Waals surface area contributed by atoms with Crippen LogP contribution in [-0.4, -0.2) is 40.3 Å². The van der Waals surface area contributed by atoms with Gasteiger partial charge in [0.15, 0.2) is 0 Å². The first kappa shape index (κ1) is 22.9. The Hall–Kier alpha value is -2.89. The molecule has 0 bridgehead atoms. The zero-order valence-corrected chi connectivity index (χ0v) is 20.7. The van der Waals surface area contributed by atoms with Gasteiger partial charge in [-0.2, -0.15) is 0 Å². The fourth-order valence-electron chi connectivity index (χ4n) is 6.16. The van der Waals surface area contributed by atoms with Crippen molar-refractivity contribution in [2.75, 3.05) is 13.7 Å². The van der Waals surface area contributed by atoms with E-state index in [1.165, 1.54) is 5.57 Å². The lowest BCUT2D eigenvalue weighted by Crippen LogP contribution is -2.40. The van der Waals surface area contributed by atoms with Crippen LogP contribution in [0.3, 0.4) is 0 Å². The van der Waals surface area contributed by atoms with Crippen LogP contribution in [0.15, 0.2) is 41.0 Å². The van der Waals surface area contributed by atoms with Gasteiger partial charge < -0.3 is 9.72 Å². The fourth-order valence-corrected chi connectivity index (χ4v) is 6.16. The molecular weight excluding hydrogens is 426 g/mol. The summed E-state index contributed by atoms with van der Waals surface area (Å²) in [5, 5.41) is 0. The fraction of sp³-hybridized carbons (Fsp3) is 0.536. The van der Waals surface area contributed by atoms with Crippen molar-refractivity contribution >= 4 is 22.8 Å². The van der Waals surface area contributed by atoms with E-state index in [9.17, 15) is 9.59 Å². The number of benzene rings is 1. The SMILES string of the molecule is COc1ccc2nc(C[C@@H]3C[C@@H](C(C)C)[C@H](CN4C(=O)C5=C(CCCC5)C4=O)C=C3C)[nH]c2c1. The molecule has 2 aromatic rings. The highest BCUT2D eigenvalue weighted by molar-refractivity contribution is 6.19. The molecule has 3 aliphatic rings. The van der Waals surface area contributed by atoms with Crippen molar-refractivity contribution in [2.24, 2.45) is 23.7 Å². The first-order valence-corrected chi connectivity index (χ1v) is 12.6. The van der Waals surface area contributed by atoms with E-state index in [0.717, 1.165) is 72.3 Å². The molecular formula is C28H35N3O3. The highest BCUT2D eigenvalue weighted by atomic mass is 16.5. The normalized spacial score (nSPS) is 25.4. The number of H-pyrrole nitrogens is 1. The Morgan fingerprint density at radius 3 is 2.50 bits per heavy atom. The summed E-state index contributed by atoms with van der Waals surface area (Å²) in [4.78, 5) is 35.9. The Bertz CT molecular complexity index is 1160. The zero-order valence-electron chi connectivity index (χ0n) is 20.7. The van der Waals surface area contributed by atoms with Gasteiger partial charge in [0.25, 0.3) is 11.8 Å². The zero-order chi connectivity index (χ0) is 24.0. The summed E-state index contributed by atoms with van der Waals surface area (Å²) >= 11 is 0. The number of imidazole rings is 1. The van der Waals surface area contributed by atoms with Crippen molar-refractivity contribution in [1.82, 2.24) is 14.9 Å². The van der Waals surface area contributed by atoms with Crippen LogP contribution in [0, 0.1) is 23.7 Å². The lowest BCUT2D eigenvalue weighted by molar-refractivity contribution is -0.138. The Morgan fingerprint density at radius 1 is 1.15 bits per heavy atom. The van der Waals surface area contributed by atoms with E-state index in [1.54, 1.807) is 12.0 Å². The van der Waals surface area contributed by atoms with E-state index in [-0.39, 0.29) is 17.7 Å². The Labute approximate surface area is 201 Å². The van der Waals surface area contributed by atoms with Gasteiger partial charge in [0.05, 0.1) is 18.1 Å². The molecule has 6 nitrogen and oxygen atoms in total. The van der Waals surface area contributed by atoms with E-state index in [2.05, 4.69) is 31.8 Å². The minimum Gasteiger partial charge on any atom is -0.497 e. The van der Waals surface area contributed by atoms with Crippen LogP contribution in [0.2, 0.25) is 0 Å². The van der Waals surface area contributed by atoms with Gasteiger partial charge in [-0.3, -0.25) is 14.5 Å². The summed E-state index contributed by atoms with van der Waals surface area (Å²) in [6.07, 6.45) is 7.77. The monoisotopic (exact) mass is 461 g/mol. The van der Waals surface area contributed by atoms with Gasteiger partial charge in [0, 0.05) is 30.2 Å². The minimum absolute atomic E-state index is 0.0342. The molecule has 34 heavy (non-hydrogen) atoms. The van der Waals surface area contributed by atoms with E-state index in [0.29, 0.717) is 24.3 Å². The third-order valence-corrected chi connectivity index (χ3v) is 8.13. The number of amides is 2. The lowest BCUT2D eigenvalue weighted by atomic mass is 9.69. The highest BCUT2D eigenvalue weighted by Gasteiger charge is 2.41. The molecule has 2 heterocycles. The smallest absolute Gasteiger partial charge is 0.257 e. The number of nitrogens with one attached hydrogen (secondary N) is 1. The molecule has 3 atom stereocenters. The van der Waals surface area contributed by atoms with Gasteiger partial charge in [-0.1, -0.05) is 25.5 Å². The number of hydrogen-bond acceptors (Lipinski definition) is 4. The maximum atomic E-state index is 13.0. The number of carbonyl (C=O) groups excluding carboxylic acids is 2. The van der Waals surface area contributed by atoms with E-state index in [1.807, 2.05) is 18.2 Å². The number of fused-ring (bicyclic) bond motifs is 1. The highest BCUT2D eigenvalue weighted by Crippen LogP contribution is 2.41. The quantitative estimate of drug-likeness (QED) is 0.473. The van der Waals surface area contributed by atoms with Gasteiger partial charge in [-0.05, 0) is 74.8 Å². The Balaban J connectivity index is 1.34. The Morgan fingerprint density at radius 2 is 1.85 bits per heavy atom. The van der Waals surface area contributed by atoms with Crippen molar-refractivity contribution in [3.63, 3.8) is 0 Å². The van der Waals surface area contributed by atoms with Gasteiger partial charge >= 0.3 is 0 Å². The molecule has 0 fully saturated rings. The summed E-state index contributed by atoms with van der Waals surface area (Å²) in [6, 6.07) is 5.91. The number of aromatic amines is 1. The predicted octanol–water partition coefficient (Wildman–Crippen LogP) is 5.21. The number of imide groups is 1. The van der Waals surface area contributed by atoms with Crippen LogP contribution >= 0.6 is 0 Å². The maximum absolute atomic E-state index is 13.0. The Kier molecular flexibility index (Phi) is 6.09. The second kappa shape index (κ2) is 9.05. The van der Waals surface area contributed by atoms with Crippen molar-refractivity contribution in [2.45, 2.75) is 59.3 Å². The first-order valence-electron chi connectivity index (χ1n) is 12.6. The average Bonchev–Trinajstić information content (AvgIpc) is 3.33. The van der Waals surface area contributed by atoms with Crippen LogP contribution in [0.4, 0.5) is 0 Å². The number of methoxy groups -OCH3 is 1. The minimum atomic E-state index is -0.0342. The number of carbonyl (C=O) groups is 2. The molecule has 2 aliphatic carbocycles. The largest absolute Gasteiger partial charge is 0.497 e. The van der Waals surface area contributed by atoms with Crippen molar-refractivity contribution in [3.05, 3.63) is 46.8 Å².